The van der Waals surface area contributed by atoms with Gasteiger partial charge >= 0.3 is 0 Å². The van der Waals surface area contributed by atoms with Crippen molar-refractivity contribution in [2.45, 2.75) is 17.7 Å². The van der Waals surface area contributed by atoms with Gasteiger partial charge < -0.3 is 10.6 Å². The molecule has 1 unspecified atom stereocenters. The number of benzene rings is 1. The Morgan fingerprint density at radius 1 is 1.31 bits per heavy atom. The van der Waals surface area contributed by atoms with Crippen molar-refractivity contribution in [1.82, 2.24) is 14.9 Å². The van der Waals surface area contributed by atoms with Crippen LogP contribution in [0.25, 0.3) is 0 Å². The highest BCUT2D eigenvalue weighted by molar-refractivity contribution is 7.89. The van der Waals surface area contributed by atoms with Gasteiger partial charge in [0.15, 0.2) is 0 Å². The lowest BCUT2D eigenvalue weighted by atomic mass is 9.98. The second-order valence-electron chi connectivity index (χ2n) is 6.72. The highest BCUT2D eigenvalue weighted by atomic mass is 32.2. The maximum absolute atomic E-state index is 12.8. The number of carbonyl (C=O) groups is 1. The zero-order chi connectivity index (χ0) is 18.7. The summed E-state index contributed by atoms with van der Waals surface area (Å²) in [5.41, 5.74) is -0.162. The molecule has 2 aliphatic rings. The Balaban J connectivity index is 1.65. The summed E-state index contributed by atoms with van der Waals surface area (Å²) < 4.78 is 26.8. The molecule has 0 saturated carbocycles. The van der Waals surface area contributed by atoms with Crippen LogP contribution in [0.4, 0.5) is 5.69 Å². The van der Waals surface area contributed by atoms with E-state index in [2.05, 4.69) is 10.6 Å². The van der Waals surface area contributed by atoms with Crippen LogP contribution >= 0.6 is 0 Å². The van der Waals surface area contributed by atoms with Crippen LogP contribution in [0.1, 0.15) is 12.8 Å². The van der Waals surface area contributed by atoms with Gasteiger partial charge in [-0.3, -0.25) is 14.9 Å². The molecule has 1 amide bonds. The lowest BCUT2D eigenvalue weighted by Crippen LogP contribution is -2.50. The number of hydrogen-bond acceptors (Lipinski definition) is 6. The Morgan fingerprint density at radius 3 is 2.58 bits per heavy atom. The lowest BCUT2D eigenvalue weighted by Gasteiger charge is -2.32. The van der Waals surface area contributed by atoms with Crippen LogP contribution < -0.4 is 10.6 Å². The Kier molecular flexibility index (Phi) is 5.54. The van der Waals surface area contributed by atoms with Crippen LogP contribution in [0.2, 0.25) is 0 Å². The minimum absolute atomic E-state index is 0.00435. The molecular formula is C16H22N4O5S. The van der Waals surface area contributed by atoms with Crippen LogP contribution in [0, 0.1) is 22.0 Å². The quantitative estimate of drug-likeness (QED) is 0.540. The fraction of sp³-hybridized carbons (Fsp3) is 0.562. The van der Waals surface area contributed by atoms with Gasteiger partial charge in [0.2, 0.25) is 15.9 Å². The first-order valence-corrected chi connectivity index (χ1v) is 10.0. The molecule has 2 fully saturated rings. The molecule has 142 valence electrons. The molecule has 0 radical (unpaired) electrons. The van der Waals surface area contributed by atoms with Gasteiger partial charge in [0.1, 0.15) is 0 Å². The summed E-state index contributed by atoms with van der Waals surface area (Å²) in [6, 6.07) is 4.82. The summed E-state index contributed by atoms with van der Waals surface area (Å²) in [6.07, 6.45) is 1.26. The Labute approximate surface area is 152 Å². The third kappa shape index (κ3) is 4.02. The van der Waals surface area contributed by atoms with Gasteiger partial charge in [-0.05, 0) is 25.0 Å². The molecule has 0 bridgehead atoms. The van der Waals surface area contributed by atoms with E-state index >= 15 is 0 Å². The van der Waals surface area contributed by atoms with E-state index in [1.807, 2.05) is 0 Å². The molecular weight excluding hydrogens is 360 g/mol. The molecule has 0 aromatic heterocycles. The first kappa shape index (κ1) is 18.7. The van der Waals surface area contributed by atoms with Crippen molar-refractivity contribution >= 4 is 21.6 Å². The number of hydrogen-bond donors (Lipinski definition) is 2. The topological polar surface area (TPSA) is 122 Å². The summed E-state index contributed by atoms with van der Waals surface area (Å²) in [5, 5.41) is 16.8. The predicted octanol–water partition coefficient (Wildman–Crippen LogP) is 0.331. The molecule has 3 rings (SSSR count). The second kappa shape index (κ2) is 7.68. The van der Waals surface area contributed by atoms with E-state index in [9.17, 15) is 23.3 Å². The molecule has 2 N–H and O–H groups in total. The SMILES string of the molecule is O=C(NCC1CNC1)C1CCCN(S(=O)(=O)c2ccc([N+](=O)[O-])cc2)C1. The zero-order valence-corrected chi connectivity index (χ0v) is 15.1. The Morgan fingerprint density at radius 2 is 2.00 bits per heavy atom. The summed E-state index contributed by atoms with van der Waals surface area (Å²) >= 11 is 0. The number of carbonyl (C=O) groups excluding carboxylic acids is 1. The van der Waals surface area contributed by atoms with Crippen molar-refractivity contribution in [2.75, 3.05) is 32.7 Å². The number of amides is 1. The van der Waals surface area contributed by atoms with Gasteiger partial charge in [-0.25, -0.2) is 8.42 Å². The number of nitro benzene ring substituents is 1. The predicted molar refractivity (Wildman–Crippen MR) is 93.9 cm³/mol. The third-order valence-corrected chi connectivity index (χ3v) is 6.75. The number of nitro groups is 1. The summed E-state index contributed by atoms with van der Waals surface area (Å²) in [5.74, 6) is -0.0346. The average molecular weight is 382 g/mol. The maximum atomic E-state index is 12.8. The smallest absolute Gasteiger partial charge is 0.269 e. The van der Waals surface area contributed by atoms with Crippen LogP contribution in [0.15, 0.2) is 29.2 Å². The molecule has 1 aromatic rings. The third-order valence-electron chi connectivity index (χ3n) is 4.87. The molecule has 26 heavy (non-hydrogen) atoms. The van der Waals surface area contributed by atoms with Gasteiger partial charge in [0, 0.05) is 50.8 Å². The summed E-state index contributed by atoms with van der Waals surface area (Å²) in [4.78, 5) is 22.5. The number of nitrogens with one attached hydrogen (secondary N) is 2. The molecule has 9 nitrogen and oxygen atoms in total. The van der Waals surface area contributed by atoms with Gasteiger partial charge in [0.25, 0.3) is 5.69 Å². The molecule has 2 saturated heterocycles. The number of piperidine rings is 1. The zero-order valence-electron chi connectivity index (χ0n) is 14.3. The van der Waals surface area contributed by atoms with Crippen molar-refractivity contribution in [3.05, 3.63) is 34.4 Å². The largest absolute Gasteiger partial charge is 0.355 e. The Bertz CT molecular complexity index is 776. The minimum atomic E-state index is -3.77. The average Bonchev–Trinajstić information content (AvgIpc) is 2.60. The lowest BCUT2D eigenvalue weighted by molar-refractivity contribution is -0.384. The fourth-order valence-electron chi connectivity index (χ4n) is 3.15. The monoisotopic (exact) mass is 382 g/mol. The number of rotatable bonds is 6. The molecule has 1 aromatic carbocycles. The van der Waals surface area contributed by atoms with Crippen molar-refractivity contribution in [2.24, 2.45) is 11.8 Å². The first-order chi connectivity index (χ1) is 12.4. The molecule has 1 atom stereocenters. The standard InChI is InChI=1S/C16H22N4O5S/c21-16(18-10-12-8-17-9-12)13-2-1-7-19(11-13)26(24,25)15-5-3-14(4-6-15)20(22)23/h3-6,12-13,17H,1-2,7-11H2,(H,18,21). The number of sulfonamides is 1. The van der Waals surface area contributed by atoms with Crippen LogP contribution in [0.5, 0.6) is 0 Å². The number of nitrogens with zero attached hydrogens (tertiary/aromatic N) is 2. The summed E-state index contributed by atoms with van der Waals surface area (Å²) in [6.45, 7) is 2.87. The fourth-order valence-corrected chi connectivity index (χ4v) is 4.67. The van der Waals surface area contributed by atoms with Gasteiger partial charge in [-0.2, -0.15) is 4.31 Å². The summed E-state index contributed by atoms with van der Waals surface area (Å²) in [7, 11) is -3.77. The van der Waals surface area contributed by atoms with E-state index in [-0.39, 0.29) is 29.0 Å². The minimum Gasteiger partial charge on any atom is -0.355 e. The van der Waals surface area contributed by atoms with Crippen molar-refractivity contribution in [3.63, 3.8) is 0 Å². The molecule has 0 spiro atoms. The van der Waals surface area contributed by atoms with E-state index in [1.165, 1.54) is 28.6 Å². The molecule has 0 aliphatic carbocycles. The second-order valence-corrected chi connectivity index (χ2v) is 8.66. The van der Waals surface area contributed by atoms with Crippen molar-refractivity contribution in [3.8, 4) is 0 Å². The van der Waals surface area contributed by atoms with Crippen LogP contribution in [0.3, 0.4) is 0 Å². The normalized spacial score (nSPS) is 21.8. The Hall–Kier alpha value is -2.04. The first-order valence-electron chi connectivity index (χ1n) is 8.61. The van der Waals surface area contributed by atoms with E-state index < -0.39 is 14.9 Å². The van der Waals surface area contributed by atoms with Gasteiger partial charge in [0.05, 0.1) is 15.7 Å². The highest BCUT2D eigenvalue weighted by Gasteiger charge is 2.33. The maximum Gasteiger partial charge on any atom is 0.269 e. The highest BCUT2D eigenvalue weighted by Crippen LogP contribution is 2.25. The molecule has 10 heteroatoms. The van der Waals surface area contributed by atoms with E-state index in [1.54, 1.807) is 0 Å². The van der Waals surface area contributed by atoms with Crippen molar-refractivity contribution in [1.29, 1.82) is 0 Å². The van der Waals surface area contributed by atoms with E-state index in [4.69, 9.17) is 0 Å². The van der Waals surface area contributed by atoms with E-state index in [0.29, 0.717) is 31.8 Å². The van der Waals surface area contributed by atoms with Crippen LogP contribution in [-0.2, 0) is 14.8 Å². The molecule has 2 heterocycles. The van der Waals surface area contributed by atoms with E-state index in [0.717, 1.165) is 13.1 Å². The van der Waals surface area contributed by atoms with Crippen molar-refractivity contribution < 1.29 is 18.1 Å². The number of non-ortho nitro benzene ring substituents is 1. The van der Waals surface area contributed by atoms with Gasteiger partial charge in [-0.15, -0.1) is 0 Å². The van der Waals surface area contributed by atoms with Crippen LogP contribution in [-0.4, -0.2) is 56.3 Å². The molecule has 2 aliphatic heterocycles. The van der Waals surface area contributed by atoms with Gasteiger partial charge in [-0.1, -0.05) is 0 Å².